The van der Waals surface area contributed by atoms with Crippen LogP contribution < -0.4 is 10.4 Å². The van der Waals surface area contributed by atoms with Crippen LogP contribution in [-0.4, -0.2) is 0 Å². The summed E-state index contributed by atoms with van der Waals surface area (Å²) in [5, 5.41) is 16.0. The molecule has 0 amide bonds. The van der Waals surface area contributed by atoms with Gasteiger partial charge in [0.25, 0.3) is 0 Å². The van der Waals surface area contributed by atoms with Crippen molar-refractivity contribution in [2.45, 2.75) is 12.8 Å². The molecule has 0 N–H and O–H groups in total. The van der Waals surface area contributed by atoms with Crippen molar-refractivity contribution >= 4 is 66.0 Å². The molecular formula is C36H24. The summed E-state index contributed by atoms with van der Waals surface area (Å²) in [6.45, 7) is 0. The van der Waals surface area contributed by atoms with Gasteiger partial charge in [0.2, 0.25) is 0 Å². The molecule has 0 heteroatoms. The lowest BCUT2D eigenvalue weighted by atomic mass is 9.87. The highest BCUT2D eigenvalue weighted by atomic mass is 14.2. The zero-order chi connectivity index (χ0) is 23.6. The zero-order valence-electron chi connectivity index (χ0n) is 20.0. The number of hydrogen-bond donors (Lipinski definition) is 0. The second-order valence-electron chi connectivity index (χ2n) is 9.97. The molecule has 1 aliphatic carbocycles. The molecular weight excluding hydrogens is 432 g/mol. The summed E-state index contributed by atoms with van der Waals surface area (Å²) >= 11 is 0. The van der Waals surface area contributed by atoms with Crippen molar-refractivity contribution in [1.29, 1.82) is 0 Å². The van der Waals surface area contributed by atoms with Gasteiger partial charge < -0.3 is 0 Å². The van der Waals surface area contributed by atoms with E-state index in [9.17, 15) is 0 Å². The van der Waals surface area contributed by atoms with Crippen LogP contribution in [0.3, 0.4) is 0 Å². The summed E-state index contributed by atoms with van der Waals surface area (Å²) in [4.78, 5) is 0. The molecule has 0 radical (unpaired) electrons. The molecule has 0 atom stereocenters. The van der Waals surface area contributed by atoms with Gasteiger partial charge in [0.05, 0.1) is 0 Å². The summed E-state index contributed by atoms with van der Waals surface area (Å²) in [5.41, 5.74) is 2.63. The Morgan fingerprint density at radius 1 is 0.361 bits per heavy atom. The Morgan fingerprint density at radius 2 is 0.889 bits per heavy atom. The summed E-state index contributed by atoms with van der Waals surface area (Å²) in [5.74, 6) is 0. The van der Waals surface area contributed by atoms with Crippen LogP contribution in [0, 0.1) is 0 Å². The normalized spacial score (nSPS) is 13.2. The highest BCUT2D eigenvalue weighted by Gasteiger charge is 2.15. The van der Waals surface area contributed by atoms with Gasteiger partial charge in [-0.3, -0.25) is 0 Å². The second kappa shape index (κ2) is 7.54. The largest absolute Gasteiger partial charge is 0.0763 e. The number of rotatable bonds is 1. The average Bonchev–Trinajstić information content (AvgIpc) is 2.96. The number of benzene rings is 7. The Morgan fingerprint density at radius 3 is 1.64 bits per heavy atom. The predicted octanol–water partition coefficient (Wildman–Crippen LogP) is 8.47. The van der Waals surface area contributed by atoms with Crippen molar-refractivity contribution in [3.63, 3.8) is 0 Å². The van der Waals surface area contributed by atoms with E-state index in [-0.39, 0.29) is 0 Å². The van der Waals surface area contributed by atoms with Crippen molar-refractivity contribution in [2.75, 3.05) is 0 Å². The molecule has 0 nitrogen and oxygen atoms in total. The second-order valence-corrected chi connectivity index (χ2v) is 9.97. The molecule has 0 unspecified atom stereocenters. The number of fused-ring (bicyclic) bond motifs is 10. The standard InChI is InChI=1S/C36H24/c1-3-11-25-23(9-1)17-19-31-27-13-5-7-15-29(27)35(21-33(25)31)36-22-34-26-12-4-2-10-24(26)18-20-32(34)28-14-6-8-16-30(28)36/h1,3,5-22H,2,4H2. The molecule has 8 rings (SSSR count). The van der Waals surface area contributed by atoms with E-state index in [4.69, 9.17) is 0 Å². The van der Waals surface area contributed by atoms with Crippen molar-refractivity contribution in [2.24, 2.45) is 0 Å². The molecule has 0 saturated carbocycles. The minimum Gasteiger partial charge on any atom is -0.0763 e. The molecule has 0 fully saturated rings. The molecule has 1 aliphatic rings. The first-order valence-corrected chi connectivity index (χ1v) is 12.9. The minimum atomic E-state index is 1.11. The van der Waals surface area contributed by atoms with Gasteiger partial charge in [0.1, 0.15) is 0 Å². The van der Waals surface area contributed by atoms with E-state index in [0.717, 1.165) is 12.8 Å². The third-order valence-corrected chi connectivity index (χ3v) is 8.05. The van der Waals surface area contributed by atoms with E-state index < -0.39 is 0 Å². The summed E-state index contributed by atoms with van der Waals surface area (Å²) in [6.07, 6.45) is 7.06. The lowest BCUT2D eigenvalue weighted by molar-refractivity contribution is 1.12. The van der Waals surface area contributed by atoms with Crippen molar-refractivity contribution in [1.82, 2.24) is 0 Å². The zero-order valence-corrected chi connectivity index (χ0v) is 20.0. The molecule has 0 aromatic heterocycles. The van der Waals surface area contributed by atoms with E-state index in [0.29, 0.717) is 0 Å². The van der Waals surface area contributed by atoms with E-state index in [1.807, 2.05) is 0 Å². The number of hydrogen-bond acceptors (Lipinski definition) is 0. The molecule has 0 heterocycles. The maximum Gasteiger partial charge on any atom is -0.00923 e. The van der Waals surface area contributed by atoms with Gasteiger partial charge in [-0.15, -0.1) is 0 Å². The third-order valence-electron chi connectivity index (χ3n) is 8.05. The Bertz CT molecular complexity index is 2140. The van der Waals surface area contributed by atoms with Crippen LogP contribution in [0.4, 0.5) is 0 Å². The van der Waals surface area contributed by atoms with Crippen LogP contribution in [-0.2, 0) is 0 Å². The van der Waals surface area contributed by atoms with E-state index >= 15 is 0 Å². The molecule has 0 bridgehead atoms. The summed E-state index contributed by atoms with van der Waals surface area (Å²) in [7, 11) is 0. The highest BCUT2D eigenvalue weighted by Crippen LogP contribution is 2.41. The van der Waals surface area contributed by atoms with Gasteiger partial charge in [-0.1, -0.05) is 109 Å². The fraction of sp³-hybridized carbons (Fsp3) is 0.0556. The van der Waals surface area contributed by atoms with Gasteiger partial charge in [-0.05, 0) is 100 Å². The van der Waals surface area contributed by atoms with Crippen LogP contribution in [0.5, 0.6) is 0 Å². The van der Waals surface area contributed by atoms with Crippen molar-refractivity contribution < 1.29 is 0 Å². The van der Waals surface area contributed by atoms with Gasteiger partial charge in [-0.2, -0.15) is 0 Å². The average molecular weight is 457 g/mol. The SMILES string of the molecule is C1=c2ccc3c(cc(-c4cc5c6ccccc6ccc5c5ccccc45)c4ccccc43)c2=CCC1. The maximum atomic E-state index is 2.46. The molecule has 0 spiro atoms. The Hall–Kier alpha value is -4.42. The minimum absolute atomic E-state index is 1.11. The molecule has 7 aromatic carbocycles. The maximum absolute atomic E-state index is 2.46. The fourth-order valence-electron chi connectivity index (χ4n) is 6.40. The van der Waals surface area contributed by atoms with Crippen LogP contribution in [0.25, 0.3) is 77.1 Å². The van der Waals surface area contributed by atoms with Crippen LogP contribution >= 0.6 is 0 Å². The topological polar surface area (TPSA) is 0 Å². The highest BCUT2D eigenvalue weighted by molar-refractivity contribution is 6.23. The monoisotopic (exact) mass is 456 g/mol. The molecule has 168 valence electrons. The van der Waals surface area contributed by atoms with Gasteiger partial charge >= 0.3 is 0 Å². The van der Waals surface area contributed by atoms with Gasteiger partial charge in [-0.25, -0.2) is 0 Å². The van der Waals surface area contributed by atoms with Gasteiger partial charge in [0, 0.05) is 0 Å². The van der Waals surface area contributed by atoms with Crippen LogP contribution in [0.2, 0.25) is 0 Å². The summed E-state index contributed by atoms with van der Waals surface area (Å²) in [6, 6.07) is 40.7. The summed E-state index contributed by atoms with van der Waals surface area (Å²) < 4.78 is 0. The Labute approximate surface area is 209 Å². The lowest BCUT2D eigenvalue weighted by Crippen LogP contribution is -2.27. The molecule has 7 aromatic rings. The first-order valence-electron chi connectivity index (χ1n) is 12.9. The first-order chi connectivity index (χ1) is 17.9. The Balaban J connectivity index is 1.61. The predicted molar refractivity (Wildman–Crippen MR) is 157 cm³/mol. The lowest BCUT2D eigenvalue weighted by Gasteiger charge is -2.17. The first kappa shape index (κ1) is 19.8. The van der Waals surface area contributed by atoms with Gasteiger partial charge in [0.15, 0.2) is 0 Å². The smallest absolute Gasteiger partial charge is 0.00923 e. The van der Waals surface area contributed by atoms with Crippen molar-refractivity contribution in [3.8, 4) is 11.1 Å². The fourth-order valence-corrected chi connectivity index (χ4v) is 6.40. The van der Waals surface area contributed by atoms with E-state index in [2.05, 4.69) is 121 Å². The van der Waals surface area contributed by atoms with E-state index in [1.54, 1.807) is 0 Å². The molecule has 36 heavy (non-hydrogen) atoms. The van der Waals surface area contributed by atoms with E-state index in [1.165, 1.54) is 75.4 Å². The molecule has 0 saturated heterocycles. The third kappa shape index (κ3) is 2.76. The molecule has 0 aliphatic heterocycles. The van der Waals surface area contributed by atoms with Crippen LogP contribution in [0.15, 0.2) is 109 Å². The quantitative estimate of drug-likeness (QED) is 0.217. The Kier molecular flexibility index (Phi) is 4.15. The van der Waals surface area contributed by atoms with Crippen LogP contribution in [0.1, 0.15) is 12.8 Å². The van der Waals surface area contributed by atoms with Crippen molar-refractivity contribution in [3.05, 3.63) is 120 Å².